The summed E-state index contributed by atoms with van der Waals surface area (Å²) in [4.78, 5) is 35.1. The molecule has 0 spiro atoms. The SMILES string of the molecule is CC/C=C\C/C=C\C/C=C\C/C=C\C/C=C\C/C=C\CCCCCCCCCCCCCCCCC(=O)OC(COC(=O)CCCCCCC/C=C\CCCCCCCCC)COP(=O)(O)OCCN. The summed E-state index contributed by atoms with van der Waals surface area (Å²) in [6.45, 7) is 3.63. The maximum absolute atomic E-state index is 12.7. The highest BCUT2D eigenvalue weighted by atomic mass is 31.2. The molecule has 0 aliphatic heterocycles. The molecule has 0 saturated carbocycles. The topological polar surface area (TPSA) is 134 Å². The van der Waals surface area contributed by atoms with Crippen LogP contribution in [-0.4, -0.2) is 49.3 Å². The van der Waals surface area contributed by atoms with Gasteiger partial charge in [0.15, 0.2) is 6.10 Å². The molecule has 0 bridgehead atoms. The lowest BCUT2D eigenvalue weighted by atomic mass is 10.0. The van der Waals surface area contributed by atoms with Crippen LogP contribution in [0.1, 0.15) is 251 Å². The van der Waals surface area contributed by atoms with Gasteiger partial charge in [-0.1, -0.05) is 234 Å². The van der Waals surface area contributed by atoms with Crippen molar-refractivity contribution in [3.63, 3.8) is 0 Å². The lowest BCUT2D eigenvalue weighted by molar-refractivity contribution is -0.161. The number of nitrogens with two attached hydrogens (primary N) is 1. The first kappa shape index (κ1) is 67.2. The zero-order chi connectivity index (χ0) is 51.0. The molecule has 10 heteroatoms. The number of ether oxygens (including phenoxy) is 2. The van der Waals surface area contributed by atoms with E-state index < -0.39 is 26.5 Å². The highest BCUT2D eigenvalue weighted by Gasteiger charge is 2.26. The van der Waals surface area contributed by atoms with E-state index >= 15 is 0 Å². The van der Waals surface area contributed by atoms with E-state index in [0.717, 1.165) is 96.3 Å². The Labute approximate surface area is 430 Å². The number of phosphoric ester groups is 1. The minimum absolute atomic E-state index is 0.0501. The normalized spacial score (nSPS) is 13.7. The van der Waals surface area contributed by atoms with Crippen molar-refractivity contribution in [2.75, 3.05) is 26.4 Å². The fourth-order valence-electron chi connectivity index (χ4n) is 7.81. The number of hydrogen-bond donors (Lipinski definition) is 2. The third-order valence-corrected chi connectivity index (χ3v) is 13.0. The van der Waals surface area contributed by atoms with Crippen molar-refractivity contribution in [3.8, 4) is 0 Å². The number of allylic oxidation sites excluding steroid dienone is 14. The third kappa shape index (κ3) is 54.5. The first-order valence-corrected chi connectivity index (χ1v) is 30.1. The van der Waals surface area contributed by atoms with Gasteiger partial charge in [0.2, 0.25) is 0 Å². The van der Waals surface area contributed by atoms with Crippen molar-refractivity contribution < 1.29 is 37.6 Å². The monoisotopic (exact) mass is 1000 g/mol. The van der Waals surface area contributed by atoms with Gasteiger partial charge in [0, 0.05) is 19.4 Å². The van der Waals surface area contributed by atoms with Crippen molar-refractivity contribution in [2.45, 2.75) is 258 Å². The van der Waals surface area contributed by atoms with Crippen LogP contribution >= 0.6 is 7.82 Å². The summed E-state index contributed by atoms with van der Waals surface area (Å²) in [6.07, 6.45) is 72.1. The van der Waals surface area contributed by atoms with Crippen LogP contribution in [0.3, 0.4) is 0 Å². The van der Waals surface area contributed by atoms with Gasteiger partial charge in [-0.3, -0.25) is 18.6 Å². The Kier molecular flexibility index (Phi) is 53.3. The third-order valence-electron chi connectivity index (χ3n) is 12.0. The standard InChI is InChI=1S/C60H106NO8P/c1-3-5-7-9-11-13-15-17-19-21-22-23-24-25-26-27-28-29-30-31-32-33-34-35-36-37-39-41-43-45-47-49-51-53-60(63)69-58(57-68-70(64,65)67-55-54-61)56-66-59(62)52-50-48-46-44-42-40-38-20-18-16-14-12-10-8-6-4-2/h5,7,11,13,17,19-20,22-23,25-26,28-29,38,58H,3-4,6,8-10,12,14-16,18,21,24,27,30-37,39-57,61H2,1-2H3,(H,64,65)/b7-5-,13-11-,19-17-,23-22-,26-25-,29-28-,38-20-. The molecule has 0 aromatic carbocycles. The van der Waals surface area contributed by atoms with E-state index in [2.05, 4.69) is 98.9 Å². The summed E-state index contributed by atoms with van der Waals surface area (Å²) in [5.74, 6) is -0.835. The van der Waals surface area contributed by atoms with E-state index in [0.29, 0.717) is 6.42 Å². The number of phosphoric acid groups is 1. The van der Waals surface area contributed by atoms with E-state index in [-0.39, 0.29) is 38.6 Å². The van der Waals surface area contributed by atoms with Crippen LogP contribution in [-0.2, 0) is 32.7 Å². The van der Waals surface area contributed by atoms with Gasteiger partial charge >= 0.3 is 19.8 Å². The Morgan fingerprint density at radius 2 is 0.786 bits per heavy atom. The highest BCUT2D eigenvalue weighted by molar-refractivity contribution is 7.47. The Morgan fingerprint density at radius 3 is 1.19 bits per heavy atom. The van der Waals surface area contributed by atoms with Crippen LogP contribution in [0.4, 0.5) is 0 Å². The summed E-state index contributed by atoms with van der Waals surface area (Å²) in [7, 11) is -4.39. The highest BCUT2D eigenvalue weighted by Crippen LogP contribution is 2.43. The lowest BCUT2D eigenvalue weighted by Crippen LogP contribution is -2.29. The second-order valence-corrected chi connectivity index (χ2v) is 20.2. The molecular formula is C60H106NO8P. The zero-order valence-electron chi connectivity index (χ0n) is 45.0. The Balaban J connectivity index is 3.94. The quantitative estimate of drug-likeness (QED) is 0.0264. The molecule has 70 heavy (non-hydrogen) atoms. The Morgan fingerprint density at radius 1 is 0.443 bits per heavy atom. The smallest absolute Gasteiger partial charge is 0.462 e. The fourth-order valence-corrected chi connectivity index (χ4v) is 8.58. The predicted octanol–water partition coefficient (Wildman–Crippen LogP) is 17.9. The van der Waals surface area contributed by atoms with Gasteiger partial charge in [-0.05, 0) is 89.9 Å². The molecule has 0 aliphatic rings. The van der Waals surface area contributed by atoms with Crippen LogP contribution in [0.25, 0.3) is 0 Å². The number of rotatable bonds is 53. The van der Waals surface area contributed by atoms with Gasteiger partial charge in [0.05, 0.1) is 13.2 Å². The summed E-state index contributed by atoms with van der Waals surface area (Å²) in [5, 5.41) is 0. The van der Waals surface area contributed by atoms with Gasteiger partial charge < -0.3 is 20.1 Å². The van der Waals surface area contributed by atoms with Crippen molar-refractivity contribution in [3.05, 3.63) is 85.1 Å². The molecule has 3 N–H and O–H groups in total. The molecule has 0 heterocycles. The first-order valence-electron chi connectivity index (χ1n) is 28.6. The molecule has 0 amide bonds. The van der Waals surface area contributed by atoms with Crippen LogP contribution in [0.5, 0.6) is 0 Å². The van der Waals surface area contributed by atoms with Gasteiger partial charge in [-0.15, -0.1) is 0 Å². The molecular weight excluding hydrogens is 894 g/mol. The second-order valence-electron chi connectivity index (χ2n) is 18.8. The second kappa shape index (κ2) is 55.5. The van der Waals surface area contributed by atoms with Crippen LogP contribution in [0, 0.1) is 0 Å². The van der Waals surface area contributed by atoms with Crippen molar-refractivity contribution >= 4 is 19.8 Å². The minimum atomic E-state index is -4.39. The molecule has 0 aromatic heterocycles. The number of hydrogen-bond acceptors (Lipinski definition) is 8. The van der Waals surface area contributed by atoms with E-state index in [4.69, 9.17) is 24.3 Å². The lowest BCUT2D eigenvalue weighted by Gasteiger charge is -2.19. The largest absolute Gasteiger partial charge is 0.472 e. The summed E-state index contributed by atoms with van der Waals surface area (Å²) < 4.78 is 33.0. The number of carbonyl (C=O) groups is 2. The zero-order valence-corrected chi connectivity index (χ0v) is 45.9. The molecule has 0 fully saturated rings. The van der Waals surface area contributed by atoms with Crippen molar-refractivity contribution in [1.82, 2.24) is 0 Å². The van der Waals surface area contributed by atoms with E-state index in [1.54, 1.807) is 0 Å². The summed E-state index contributed by atoms with van der Waals surface area (Å²) in [6, 6.07) is 0. The minimum Gasteiger partial charge on any atom is -0.462 e. The maximum Gasteiger partial charge on any atom is 0.472 e. The summed E-state index contributed by atoms with van der Waals surface area (Å²) in [5.41, 5.74) is 5.38. The average Bonchev–Trinajstić information content (AvgIpc) is 3.35. The molecule has 0 rings (SSSR count). The van der Waals surface area contributed by atoms with Gasteiger partial charge in [-0.2, -0.15) is 0 Å². The molecule has 0 saturated heterocycles. The molecule has 404 valence electrons. The van der Waals surface area contributed by atoms with Crippen molar-refractivity contribution in [1.29, 1.82) is 0 Å². The number of unbranched alkanes of at least 4 members (excludes halogenated alkanes) is 26. The van der Waals surface area contributed by atoms with Crippen LogP contribution in [0.2, 0.25) is 0 Å². The molecule has 9 nitrogen and oxygen atoms in total. The summed E-state index contributed by atoms with van der Waals surface area (Å²) >= 11 is 0. The first-order chi connectivity index (χ1) is 34.3. The fraction of sp³-hybridized carbons (Fsp3) is 0.733. The van der Waals surface area contributed by atoms with E-state index in [1.165, 1.54) is 122 Å². The van der Waals surface area contributed by atoms with Gasteiger partial charge in [0.1, 0.15) is 6.61 Å². The number of esters is 2. The Bertz CT molecular complexity index is 1420. The van der Waals surface area contributed by atoms with Gasteiger partial charge in [-0.25, -0.2) is 4.57 Å². The molecule has 2 unspecified atom stereocenters. The average molecular weight is 1000 g/mol. The van der Waals surface area contributed by atoms with E-state index in [9.17, 15) is 19.0 Å². The maximum atomic E-state index is 12.7. The molecule has 0 aliphatic carbocycles. The van der Waals surface area contributed by atoms with Crippen LogP contribution in [0.15, 0.2) is 85.1 Å². The number of carbonyl (C=O) groups excluding carboxylic acids is 2. The van der Waals surface area contributed by atoms with Gasteiger partial charge in [0.25, 0.3) is 0 Å². The molecule has 0 aromatic rings. The van der Waals surface area contributed by atoms with E-state index in [1.807, 2.05) is 0 Å². The van der Waals surface area contributed by atoms with Crippen molar-refractivity contribution in [2.24, 2.45) is 5.73 Å². The Hall–Kier alpha value is -2.81. The predicted molar refractivity (Wildman–Crippen MR) is 298 cm³/mol. The molecule has 2 atom stereocenters. The van der Waals surface area contributed by atoms with Crippen LogP contribution < -0.4 is 5.73 Å². The molecule has 0 radical (unpaired) electrons.